The minimum absolute atomic E-state index is 0.0218. The van der Waals surface area contributed by atoms with E-state index >= 15 is 0 Å². The van der Waals surface area contributed by atoms with Gasteiger partial charge in [-0.3, -0.25) is 4.79 Å². The number of rotatable bonds is 7. The first-order chi connectivity index (χ1) is 11.9. The number of piperazine rings is 1. The largest absolute Gasteiger partial charge is 0.495 e. The van der Waals surface area contributed by atoms with Gasteiger partial charge in [-0.1, -0.05) is 13.0 Å². The van der Waals surface area contributed by atoms with Crippen molar-refractivity contribution in [2.75, 3.05) is 46.4 Å². The maximum absolute atomic E-state index is 12.9. The highest BCUT2D eigenvalue weighted by atomic mass is 32.2. The molecule has 0 saturated carbocycles. The summed E-state index contributed by atoms with van der Waals surface area (Å²) < 4.78 is 32.6. The molecular formula is C17H28N3O4S+. The summed E-state index contributed by atoms with van der Waals surface area (Å²) in [4.78, 5) is 13.1. The number of carbonyl (C=O) groups is 1. The third-order valence-electron chi connectivity index (χ3n) is 4.35. The quantitative estimate of drug-likeness (QED) is 0.673. The topological polar surface area (TPSA) is 80.2 Å². The predicted molar refractivity (Wildman–Crippen MR) is 95.4 cm³/mol. The van der Waals surface area contributed by atoms with Crippen LogP contribution in [0.25, 0.3) is 0 Å². The normalized spacial score (nSPS) is 16.6. The third-order valence-corrected chi connectivity index (χ3v) is 6.27. The van der Waals surface area contributed by atoms with Crippen molar-refractivity contribution in [1.29, 1.82) is 0 Å². The first-order valence-electron chi connectivity index (χ1n) is 8.63. The molecular weight excluding hydrogens is 342 g/mol. The van der Waals surface area contributed by atoms with E-state index in [1.54, 1.807) is 12.1 Å². The van der Waals surface area contributed by atoms with E-state index in [0.717, 1.165) is 16.9 Å². The van der Waals surface area contributed by atoms with Gasteiger partial charge in [0.2, 0.25) is 10.0 Å². The molecule has 0 aliphatic carbocycles. The van der Waals surface area contributed by atoms with Crippen LogP contribution < -0.4 is 15.0 Å². The van der Waals surface area contributed by atoms with Gasteiger partial charge in [0.05, 0.1) is 33.3 Å². The van der Waals surface area contributed by atoms with E-state index in [1.165, 1.54) is 11.4 Å². The Balaban J connectivity index is 2.02. The second-order valence-electron chi connectivity index (χ2n) is 6.34. The monoisotopic (exact) mass is 370 g/mol. The second-order valence-corrected chi connectivity index (χ2v) is 8.24. The van der Waals surface area contributed by atoms with Gasteiger partial charge in [-0.2, -0.15) is 4.31 Å². The molecule has 1 amide bonds. The molecule has 1 saturated heterocycles. The maximum atomic E-state index is 12.9. The van der Waals surface area contributed by atoms with E-state index in [2.05, 4.69) is 5.32 Å². The Labute approximate surface area is 150 Å². The van der Waals surface area contributed by atoms with E-state index < -0.39 is 10.0 Å². The molecule has 25 heavy (non-hydrogen) atoms. The van der Waals surface area contributed by atoms with Gasteiger partial charge in [-0.05, 0) is 31.0 Å². The Bertz CT molecular complexity index is 698. The fraction of sp³-hybridized carbons (Fsp3) is 0.588. The van der Waals surface area contributed by atoms with Crippen LogP contribution in [0.2, 0.25) is 0 Å². The summed E-state index contributed by atoms with van der Waals surface area (Å²) in [5, 5.41) is 2.86. The third kappa shape index (κ3) is 4.93. The van der Waals surface area contributed by atoms with Gasteiger partial charge in [0.25, 0.3) is 5.91 Å². The minimum atomic E-state index is -3.60. The van der Waals surface area contributed by atoms with Crippen molar-refractivity contribution in [2.24, 2.45) is 0 Å². The molecule has 0 aromatic heterocycles. The van der Waals surface area contributed by atoms with Crippen molar-refractivity contribution in [3.63, 3.8) is 0 Å². The van der Waals surface area contributed by atoms with Gasteiger partial charge in [-0.15, -0.1) is 0 Å². The number of hydrogen-bond acceptors (Lipinski definition) is 4. The van der Waals surface area contributed by atoms with Crippen LogP contribution in [-0.2, 0) is 14.8 Å². The number of hydrogen-bond donors (Lipinski definition) is 2. The Kier molecular flexibility index (Phi) is 6.80. The number of benzene rings is 1. The molecule has 7 nitrogen and oxygen atoms in total. The zero-order valence-corrected chi connectivity index (χ0v) is 16.0. The Hall–Kier alpha value is -1.64. The zero-order chi connectivity index (χ0) is 18.4. The summed E-state index contributed by atoms with van der Waals surface area (Å²) in [6, 6.07) is 5.15. The number of ether oxygens (including phenoxy) is 1. The van der Waals surface area contributed by atoms with Crippen molar-refractivity contribution in [1.82, 2.24) is 9.62 Å². The lowest BCUT2D eigenvalue weighted by Crippen LogP contribution is -3.15. The van der Waals surface area contributed by atoms with Crippen molar-refractivity contribution in [3.8, 4) is 5.75 Å². The standard InChI is InChI=1S/C17H27N3O4S/c1-4-7-18-17(21)13-19-8-10-20(11-9-19)25(22,23)16-12-14(2)5-6-15(16)24-3/h5-6,12H,4,7-11,13H2,1-3H3,(H,18,21)/p+1. The van der Waals surface area contributed by atoms with Gasteiger partial charge in [0.15, 0.2) is 6.54 Å². The minimum Gasteiger partial charge on any atom is -0.495 e. The predicted octanol–water partition coefficient (Wildman–Crippen LogP) is -0.581. The van der Waals surface area contributed by atoms with Gasteiger partial charge in [-0.25, -0.2) is 8.42 Å². The lowest BCUT2D eigenvalue weighted by atomic mass is 10.2. The number of amides is 1. The molecule has 140 valence electrons. The first-order valence-corrected chi connectivity index (χ1v) is 10.1. The van der Waals surface area contributed by atoms with Gasteiger partial charge < -0.3 is 15.0 Å². The molecule has 0 unspecified atom stereocenters. The molecule has 8 heteroatoms. The van der Waals surface area contributed by atoms with Crippen LogP contribution in [0.15, 0.2) is 23.1 Å². The van der Waals surface area contributed by atoms with Crippen LogP contribution >= 0.6 is 0 Å². The number of quaternary nitrogens is 1. The highest BCUT2D eigenvalue weighted by Crippen LogP contribution is 2.27. The van der Waals surface area contributed by atoms with Gasteiger partial charge in [0.1, 0.15) is 10.6 Å². The summed E-state index contributed by atoms with van der Waals surface area (Å²) >= 11 is 0. The fourth-order valence-electron chi connectivity index (χ4n) is 2.90. The maximum Gasteiger partial charge on any atom is 0.275 e. The molecule has 1 fully saturated rings. The van der Waals surface area contributed by atoms with E-state index in [9.17, 15) is 13.2 Å². The summed E-state index contributed by atoms with van der Waals surface area (Å²) in [7, 11) is -2.13. The van der Waals surface area contributed by atoms with Crippen molar-refractivity contribution < 1.29 is 22.8 Å². The van der Waals surface area contributed by atoms with Crippen LogP contribution in [0, 0.1) is 6.92 Å². The molecule has 1 aliphatic heterocycles. The Morgan fingerprint density at radius 3 is 2.60 bits per heavy atom. The molecule has 1 heterocycles. The average Bonchev–Trinajstić information content (AvgIpc) is 2.60. The summed E-state index contributed by atoms with van der Waals surface area (Å²) in [5.41, 5.74) is 0.872. The lowest BCUT2D eigenvalue weighted by molar-refractivity contribution is -0.895. The number of nitrogens with one attached hydrogen (secondary N) is 2. The number of nitrogens with zero attached hydrogens (tertiary/aromatic N) is 1. The molecule has 1 aromatic carbocycles. The van der Waals surface area contributed by atoms with Crippen LogP contribution in [0.5, 0.6) is 5.75 Å². The van der Waals surface area contributed by atoms with E-state index in [1.807, 2.05) is 19.9 Å². The molecule has 0 bridgehead atoms. The number of carbonyl (C=O) groups excluding carboxylic acids is 1. The molecule has 0 spiro atoms. The molecule has 2 rings (SSSR count). The van der Waals surface area contributed by atoms with Gasteiger partial charge in [0, 0.05) is 6.54 Å². The van der Waals surface area contributed by atoms with Gasteiger partial charge >= 0.3 is 0 Å². The fourth-order valence-corrected chi connectivity index (χ4v) is 4.58. The lowest BCUT2D eigenvalue weighted by Gasteiger charge is -2.31. The van der Waals surface area contributed by atoms with Crippen molar-refractivity contribution in [3.05, 3.63) is 23.8 Å². The number of methoxy groups -OCH3 is 1. The first kappa shape index (κ1) is 19.7. The molecule has 0 radical (unpaired) electrons. The highest BCUT2D eigenvalue weighted by molar-refractivity contribution is 7.89. The van der Waals surface area contributed by atoms with Crippen molar-refractivity contribution >= 4 is 15.9 Å². The summed E-state index contributed by atoms with van der Waals surface area (Å²) in [5.74, 6) is 0.382. The highest BCUT2D eigenvalue weighted by Gasteiger charge is 2.33. The SMILES string of the molecule is CCCNC(=O)C[NH+]1CCN(S(=O)(=O)c2cc(C)ccc2OC)CC1. The number of aryl methyl sites for hydroxylation is 1. The summed E-state index contributed by atoms with van der Waals surface area (Å²) in [6.45, 7) is 6.97. The smallest absolute Gasteiger partial charge is 0.275 e. The second kappa shape index (κ2) is 8.64. The van der Waals surface area contributed by atoms with Crippen LogP contribution in [0.3, 0.4) is 0 Å². The number of sulfonamides is 1. The molecule has 1 aromatic rings. The van der Waals surface area contributed by atoms with E-state index in [-0.39, 0.29) is 10.8 Å². The van der Waals surface area contributed by atoms with E-state index in [0.29, 0.717) is 45.0 Å². The van der Waals surface area contributed by atoms with Crippen LogP contribution in [-0.4, -0.2) is 65.0 Å². The molecule has 0 atom stereocenters. The zero-order valence-electron chi connectivity index (χ0n) is 15.2. The molecule has 2 N–H and O–H groups in total. The summed E-state index contributed by atoms with van der Waals surface area (Å²) in [6.07, 6.45) is 0.908. The van der Waals surface area contributed by atoms with E-state index in [4.69, 9.17) is 4.74 Å². The van der Waals surface area contributed by atoms with Crippen LogP contribution in [0.1, 0.15) is 18.9 Å². The van der Waals surface area contributed by atoms with Crippen LogP contribution in [0.4, 0.5) is 0 Å². The Morgan fingerprint density at radius 2 is 2.00 bits per heavy atom. The Morgan fingerprint density at radius 1 is 1.32 bits per heavy atom. The molecule has 1 aliphatic rings. The average molecular weight is 370 g/mol. The van der Waals surface area contributed by atoms with Crippen molar-refractivity contribution in [2.45, 2.75) is 25.2 Å².